The fourth-order valence-electron chi connectivity index (χ4n) is 6.10. The lowest BCUT2D eigenvalue weighted by Gasteiger charge is -2.43. The van der Waals surface area contributed by atoms with Gasteiger partial charge in [-0.1, -0.05) is 13.0 Å². The predicted octanol–water partition coefficient (Wildman–Crippen LogP) is 4.67. The number of carbonyl (C=O) groups excluding carboxylic acids is 1. The normalized spacial score (nSPS) is 23.5. The number of nitriles is 1. The van der Waals surface area contributed by atoms with Gasteiger partial charge < -0.3 is 9.30 Å². The van der Waals surface area contributed by atoms with Gasteiger partial charge >= 0.3 is 6.09 Å². The Kier molecular flexibility index (Phi) is 5.48. The van der Waals surface area contributed by atoms with Gasteiger partial charge in [-0.2, -0.15) is 10.4 Å². The van der Waals surface area contributed by atoms with Crippen LogP contribution in [0.1, 0.15) is 43.9 Å². The van der Waals surface area contributed by atoms with E-state index in [1.807, 2.05) is 49.9 Å². The number of nitrogens with zero attached hydrogens (tertiary/aromatic N) is 7. The lowest BCUT2D eigenvalue weighted by atomic mass is 9.68. The molecule has 1 aliphatic carbocycles. The minimum atomic E-state index is -0.501. The number of aromatic nitrogens is 5. The molecular formula is C28H29N7O2. The molecule has 1 spiro atoms. The lowest BCUT2D eigenvalue weighted by molar-refractivity contribution is -0.0270. The quantitative estimate of drug-likeness (QED) is 0.399. The number of imidazole rings is 1. The monoisotopic (exact) mass is 495 g/mol. The molecule has 1 amide bonds. The van der Waals surface area contributed by atoms with Crippen molar-refractivity contribution in [2.45, 2.75) is 51.3 Å². The summed E-state index contributed by atoms with van der Waals surface area (Å²) in [4.78, 5) is 24.1. The van der Waals surface area contributed by atoms with Crippen molar-refractivity contribution in [1.29, 1.82) is 5.26 Å². The Morgan fingerprint density at radius 3 is 2.92 bits per heavy atom. The number of ether oxygens (including phenoxy) is 1. The summed E-state index contributed by atoms with van der Waals surface area (Å²) in [5.74, 6) is 0. The summed E-state index contributed by atoms with van der Waals surface area (Å²) in [5, 5.41) is 13.6. The molecule has 9 heteroatoms. The van der Waals surface area contributed by atoms with Crippen LogP contribution in [0.5, 0.6) is 0 Å². The van der Waals surface area contributed by atoms with Crippen LogP contribution in [0, 0.1) is 16.7 Å². The van der Waals surface area contributed by atoms with Gasteiger partial charge in [0.15, 0.2) is 0 Å². The number of hydrogen-bond acceptors (Lipinski definition) is 6. The van der Waals surface area contributed by atoms with E-state index in [0.29, 0.717) is 18.7 Å². The zero-order valence-corrected chi connectivity index (χ0v) is 21.1. The van der Waals surface area contributed by atoms with E-state index in [4.69, 9.17) is 9.72 Å². The molecule has 2 atom stereocenters. The van der Waals surface area contributed by atoms with Crippen molar-refractivity contribution in [2.75, 3.05) is 6.54 Å². The Morgan fingerprint density at radius 1 is 1.22 bits per heavy atom. The maximum Gasteiger partial charge on any atom is 0.410 e. The van der Waals surface area contributed by atoms with E-state index in [1.54, 1.807) is 21.8 Å². The molecule has 188 valence electrons. The minimum Gasteiger partial charge on any atom is -0.441 e. The third kappa shape index (κ3) is 4.44. The molecule has 0 unspecified atom stereocenters. The first-order valence-electron chi connectivity index (χ1n) is 12.6. The van der Waals surface area contributed by atoms with Crippen LogP contribution < -0.4 is 0 Å². The van der Waals surface area contributed by atoms with Crippen molar-refractivity contribution in [3.63, 3.8) is 0 Å². The summed E-state index contributed by atoms with van der Waals surface area (Å²) < 4.78 is 10.00. The molecule has 3 aromatic heterocycles. The number of rotatable bonds is 5. The molecule has 4 aromatic rings. The highest BCUT2D eigenvalue weighted by atomic mass is 16.6. The van der Waals surface area contributed by atoms with E-state index in [0.717, 1.165) is 60.2 Å². The van der Waals surface area contributed by atoms with Crippen LogP contribution in [-0.2, 0) is 24.9 Å². The average Bonchev–Trinajstić information content (AvgIpc) is 3.56. The highest BCUT2D eigenvalue weighted by Gasteiger charge is 2.51. The number of fused-ring (bicyclic) bond motifs is 1. The highest BCUT2D eigenvalue weighted by Crippen LogP contribution is 2.47. The largest absolute Gasteiger partial charge is 0.441 e. The predicted molar refractivity (Wildman–Crippen MR) is 137 cm³/mol. The number of amides is 1. The van der Waals surface area contributed by atoms with E-state index in [9.17, 15) is 10.1 Å². The molecule has 9 nitrogen and oxygen atoms in total. The van der Waals surface area contributed by atoms with Crippen molar-refractivity contribution in [3.05, 3.63) is 66.4 Å². The van der Waals surface area contributed by atoms with E-state index in [-0.39, 0.29) is 11.5 Å². The van der Waals surface area contributed by atoms with Crippen LogP contribution in [0.2, 0.25) is 0 Å². The minimum absolute atomic E-state index is 0.0662. The number of pyridine rings is 1. The topological polar surface area (TPSA) is 102 Å². The smallest absolute Gasteiger partial charge is 0.410 e. The van der Waals surface area contributed by atoms with Gasteiger partial charge in [0.2, 0.25) is 0 Å². The molecule has 1 saturated heterocycles. The van der Waals surface area contributed by atoms with Crippen molar-refractivity contribution in [2.24, 2.45) is 12.5 Å². The van der Waals surface area contributed by atoms with Gasteiger partial charge in [0.05, 0.1) is 59.7 Å². The molecule has 0 bridgehead atoms. The first kappa shape index (κ1) is 23.2. The molecule has 4 heterocycles. The SMILES string of the molecule is Cn1cc(-c2cccc(CN3C[C@@]4(CCC[C@](C)(Cn5cnc6ccc(C#N)cc65)C4)OC3=O)n2)cn1. The zero-order valence-electron chi connectivity index (χ0n) is 21.1. The van der Waals surface area contributed by atoms with Crippen molar-refractivity contribution in [1.82, 2.24) is 29.2 Å². The Hall–Kier alpha value is -4.19. The maximum atomic E-state index is 13.0. The highest BCUT2D eigenvalue weighted by molar-refractivity contribution is 5.77. The average molecular weight is 496 g/mol. The van der Waals surface area contributed by atoms with Gasteiger partial charge in [-0.05, 0) is 61.4 Å². The molecule has 1 aliphatic heterocycles. The number of hydrogen-bond donors (Lipinski definition) is 0. The van der Waals surface area contributed by atoms with Crippen LogP contribution in [-0.4, -0.2) is 47.5 Å². The van der Waals surface area contributed by atoms with Gasteiger partial charge in [0, 0.05) is 25.4 Å². The van der Waals surface area contributed by atoms with Crippen LogP contribution >= 0.6 is 0 Å². The summed E-state index contributed by atoms with van der Waals surface area (Å²) in [6.45, 7) is 3.99. The molecule has 2 fully saturated rings. The van der Waals surface area contributed by atoms with Crippen molar-refractivity contribution < 1.29 is 9.53 Å². The second-order valence-corrected chi connectivity index (χ2v) is 10.9. The van der Waals surface area contributed by atoms with Crippen LogP contribution in [0.15, 0.2) is 55.1 Å². The molecule has 37 heavy (non-hydrogen) atoms. The van der Waals surface area contributed by atoms with Gasteiger partial charge in [-0.25, -0.2) is 9.78 Å². The molecule has 0 N–H and O–H groups in total. The molecule has 6 rings (SSSR count). The Morgan fingerprint density at radius 2 is 2.11 bits per heavy atom. The van der Waals surface area contributed by atoms with Gasteiger partial charge in [0.1, 0.15) is 5.60 Å². The Balaban J connectivity index is 1.19. The second-order valence-electron chi connectivity index (χ2n) is 10.9. The first-order chi connectivity index (χ1) is 17.8. The van der Waals surface area contributed by atoms with Crippen LogP contribution in [0.4, 0.5) is 4.79 Å². The Labute approximate surface area is 215 Å². The van der Waals surface area contributed by atoms with Gasteiger partial charge in [-0.15, -0.1) is 0 Å². The fraction of sp³-hybridized carbons (Fsp3) is 0.393. The summed E-state index contributed by atoms with van der Waals surface area (Å²) in [7, 11) is 1.88. The third-order valence-corrected chi connectivity index (χ3v) is 7.67. The van der Waals surface area contributed by atoms with Crippen molar-refractivity contribution in [3.8, 4) is 17.3 Å². The van der Waals surface area contributed by atoms with E-state index < -0.39 is 5.60 Å². The van der Waals surface area contributed by atoms with E-state index in [1.165, 1.54) is 0 Å². The zero-order chi connectivity index (χ0) is 25.6. The van der Waals surface area contributed by atoms with Gasteiger partial charge in [0.25, 0.3) is 0 Å². The molecule has 1 aromatic carbocycles. The maximum absolute atomic E-state index is 13.0. The summed E-state index contributed by atoms with van der Waals surface area (Å²) in [6.07, 6.45) is 8.97. The second kappa shape index (κ2) is 8.73. The van der Waals surface area contributed by atoms with Gasteiger partial charge in [-0.3, -0.25) is 14.6 Å². The summed E-state index contributed by atoms with van der Waals surface area (Å²) >= 11 is 0. The Bertz CT molecular complexity index is 1530. The standard InChI is InChI=1S/C28H29N7O2/c1-27(17-35-19-30-24-8-7-20(12-29)11-25(24)35)9-4-10-28(16-27)18-34(26(36)37-28)15-22-5-3-6-23(32-22)21-13-31-33(2)14-21/h3,5-8,11,13-14,19H,4,9-10,15-18H2,1-2H3/t27-,28-/m0/s1. The van der Waals surface area contributed by atoms with Crippen LogP contribution in [0.3, 0.4) is 0 Å². The van der Waals surface area contributed by atoms with Crippen molar-refractivity contribution >= 4 is 17.1 Å². The lowest BCUT2D eigenvalue weighted by Crippen LogP contribution is -2.44. The summed E-state index contributed by atoms with van der Waals surface area (Å²) in [5.41, 5.74) is 4.51. The first-order valence-corrected chi connectivity index (χ1v) is 12.6. The third-order valence-electron chi connectivity index (χ3n) is 7.67. The summed E-state index contributed by atoms with van der Waals surface area (Å²) in [6, 6.07) is 13.7. The molecule has 0 radical (unpaired) electrons. The number of aryl methyl sites for hydroxylation is 1. The van der Waals surface area contributed by atoms with E-state index >= 15 is 0 Å². The molecule has 1 saturated carbocycles. The fourth-order valence-corrected chi connectivity index (χ4v) is 6.10. The number of carbonyl (C=O) groups is 1. The molecule has 2 aliphatic rings. The van der Waals surface area contributed by atoms with Crippen LogP contribution in [0.25, 0.3) is 22.3 Å². The molecular weight excluding hydrogens is 466 g/mol. The van der Waals surface area contributed by atoms with E-state index in [2.05, 4.69) is 27.6 Å². The number of benzene rings is 1.